The SMILES string of the molecule is [C-]#[N+]C([N+]#[C-])=C1Cc2c(-c3ccc(C(F)(F)F)cc3)c3c(c(-c4ccc(C(F)(F)F)cc4)c2=C1c1cc(F)c(F)c(F)c1)CC(=C(C#N)C#N)C=3c1cc(F)c(F)c(F)c1. The normalized spacial score (nSPS) is 13.3. The largest absolute Gasteiger partial charge is 0.523 e. The number of halogens is 12. The lowest BCUT2D eigenvalue weighted by Gasteiger charge is -2.18. The number of alkyl halides is 6. The van der Waals surface area contributed by atoms with Crippen molar-refractivity contribution >= 4 is 11.1 Å². The van der Waals surface area contributed by atoms with Crippen molar-refractivity contribution in [3.8, 4) is 34.4 Å². The Morgan fingerprint density at radius 1 is 0.517 bits per heavy atom. The fourth-order valence-corrected chi connectivity index (χ4v) is 7.64. The van der Waals surface area contributed by atoms with Crippen LogP contribution in [0.25, 0.3) is 43.1 Å². The van der Waals surface area contributed by atoms with Crippen LogP contribution in [0.15, 0.2) is 95.3 Å². The summed E-state index contributed by atoms with van der Waals surface area (Å²) in [5, 5.41) is 19.9. The van der Waals surface area contributed by atoms with E-state index in [1.165, 1.54) is 0 Å². The standard InChI is InChI=1S/C44H16F12N4/c1-59-42(60-2)29-16-28-35(20-5-9-25(10-6-20)44(54,55)56)38-27(15-26(23(17-57)18-58)36(38)21-11-30(45)40(49)31(46)12-21)34(19-3-7-24(8-4-19)43(51,52)53)39(28)37(29)22-13-32(47)41(50)33(48)14-22/h3-14H,15-16H2. The van der Waals surface area contributed by atoms with Crippen molar-refractivity contribution in [3.05, 3.63) is 197 Å². The third-order valence-corrected chi connectivity index (χ3v) is 10.1. The molecule has 0 unspecified atom stereocenters. The summed E-state index contributed by atoms with van der Waals surface area (Å²) in [6.07, 6.45) is -10.9. The average molecular weight is 829 g/mol. The molecule has 0 N–H and O–H groups in total. The Morgan fingerprint density at radius 3 is 1.17 bits per heavy atom. The van der Waals surface area contributed by atoms with Gasteiger partial charge in [-0.25, -0.2) is 26.3 Å². The minimum Gasteiger partial charge on any atom is -0.204 e. The lowest BCUT2D eigenvalue weighted by molar-refractivity contribution is -0.138. The molecule has 0 amide bonds. The first kappa shape index (κ1) is 40.6. The fourth-order valence-electron chi connectivity index (χ4n) is 7.64. The molecular formula is C44H16F12N4. The van der Waals surface area contributed by atoms with Gasteiger partial charge in [0.1, 0.15) is 30.9 Å². The Labute approximate surface area is 330 Å². The lowest BCUT2D eigenvalue weighted by Crippen LogP contribution is -2.25. The third-order valence-electron chi connectivity index (χ3n) is 10.1. The van der Waals surface area contributed by atoms with E-state index < -0.39 is 93.7 Å². The minimum absolute atomic E-state index is 0.0550. The van der Waals surface area contributed by atoms with Crippen LogP contribution in [0.1, 0.15) is 33.4 Å². The number of allylic oxidation sites excluding steroid dienone is 3. The first-order valence-electron chi connectivity index (χ1n) is 17.0. The van der Waals surface area contributed by atoms with Crippen LogP contribution in [-0.2, 0) is 25.2 Å². The molecule has 5 aromatic rings. The van der Waals surface area contributed by atoms with Gasteiger partial charge in [-0.05, 0) is 127 Å². The Hall–Kier alpha value is -7.56. The maximum atomic E-state index is 15.1. The molecule has 0 fully saturated rings. The van der Waals surface area contributed by atoms with E-state index in [0.717, 1.165) is 24.3 Å². The zero-order valence-corrected chi connectivity index (χ0v) is 29.7. The van der Waals surface area contributed by atoms with Gasteiger partial charge in [0.05, 0.1) is 16.7 Å². The van der Waals surface area contributed by atoms with Gasteiger partial charge in [-0.15, -0.1) is 0 Å². The van der Waals surface area contributed by atoms with Crippen molar-refractivity contribution in [2.75, 3.05) is 0 Å². The first-order chi connectivity index (χ1) is 28.3. The van der Waals surface area contributed by atoms with Gasteiger partial charge in [-0.3, -0.25) is 0 Å². The van der Waals surface area contributed by atoms with E-state index in [-0.39, 0.29) is 66.1 Å². The number of hydrogen-bond acceptors (Lipinski definition) is 2. The second kappa shape index (κ2) is 14.7. The molecule has 0 saturated heterocycles. The number of rotatable bonds is 4. The number of nitriles is 2. The van der Waals surface area contributed by atoms with Gasteiger partial charge in [0.25, 0.3) is 0 Å². The first-order valence-corrected chi connectivity index (χ1v) is 17.0. The van der Waals surface area contributed by atoms with E-state index in [2.05, 4.69) is 9.69 Å². The summed E-state index contributed by atoms with van der Waals surface area (Å²) in [4.78, 5) is 6.52. The second-order valence-corrected chi connectivity index (χ2v) is 13.3. The molecule has 296 valence electrons. The van der Waals surface area contributed by atoms with Crippen molar-refractivity contribution in [2.45, 2.75) is 25.2 Å². The maximum Gasteiger partial charge on any atom is 0.523 e. The molecule has 2 aliphatic carbocycles. The lowest BCUT2D eigenvalue weighted by atomic mass is 9.85. The van der Waals surface area contributed by atoms with Gasteiger partial charge >= 0.3 is 18.2 Å². The Kier molecular flexibility index (Phi) is 9.94. The van der Waals surface area contributed by atoms with E-state index in [1.54, 1.807) is 12.1 Å². The van der Waals surface area contributed by atoms with Crippen LogP contribution in [0.3, 0.4) is 0 Å². The number of nitrogens with zero attached hydrogens (tertiary/aromatic N) is 4. The maximum absolute atomic E-state index is 15.1. The summed E-state index contributed by atoms with van der Waals surface area (Å²) in [6.45, 7) is 15.6. The highest BCUT2D eigenvalue weighted by molar-refractivity contribution is 5.98. The predicted molar refractivity (Wildman–Crippen MR) is 190 cm³/mol. The van der Waals surface area contributed by atoms with Crippen molar-refractivity contribution in [1.29, 1.82) is 10.5 Å². The quantitative estimate of drug-likeness (QED) is 0.0784. The van der Waals surface area contributed by atoms with Crippen LogP contribution >= 0.6 is 0 Å². The third kappa shape index (κ3) is 6.62. The van der Waals surface area contributed by atoms with Gasteiger partial charge in [-0.1, -0.05) is 24.3 Å². The molecule has 7 rings (SSSR count). The average Bonchev–Trinajstić information content (AvgIpc) is 3.78. The van der Waals surface area contributed by atoms with E-state index in [0.29, 0.717) is 48.5 Å². The van der Waals surface area contributed by atoms with Gasteiger partial charge < -0.3 is 0 Å². The second-order valence-electron chi connectivity index (χ2n) is 13.3. The summed E-state index contributed by atoms with van der Waals surface area (Å²) in [5.41, 5.74) is -5.63. The summed E-state index contributed by atoms with van der Waals surface area (Å²) in [7, 11) is 0. The van der Waals surface area contributed by atoms with E-state index >= 15 is 17.6 Å². The zero-order chi connectivity index (χ0) is 43.6. The van der Waals surface area contributed by atoms with Crippen LogP contribution in [0.4, 0.5) is 52.7 Å². The monoisotopic (exact) mass is 828 g/mol. The highest BCUT2D eigenvalue weighted by Crippen LogP contribution is 2.44. The van der Waals surface area contributed by atoms with Crippen LogP contribution in [-0.4, -0.2) is 0 Å². The van der Waals surface area contributed by atoms with Gasteiger partial charge in [0.2, 0.25) is 0 Å². The van der Waals surface area contributed by atoms with Crippen molar-refractivity contribution in [3.63, 3.8) is 0 Å². The van der Waals surface area contributed by atoms with Gasteiger partial charge in [0, 0.05) is 6.42 Å². The summed E-state index contributed by atoms with van der Waals surface area (Å²) >= 11 is 0. The highest BCUT2D eigenvalue weighted by atomic mass is 19.4. The van der Waals surface area contributed by atoms with Crippen LogP contribution < -0.4 is 10.4 Å². The summed E-state index contributed by atoms with van der Waals surface area (Å²) in [6, 6.07) is 12.1. The number of benzene rings is 5. The van der Waals surface area contributed by atoms with E-state index in [1.807, 2.05) is 0 Å². The smallest absolute Gasteiger partial charge is 0.204 e. The van der Waals surface area contributed by atoms with Crippen LogP contribution in [0.5, 0.6) is 0 Å². The molecule has 0 heterocycles. The summed E-state index contributed by atoms with van der Waals surface area (Å²) in [5.74, 6) is -11.5. The van der Waals surface area contributed by atoms with E-state index in [4.69, 9.17) is 13.1 Å². The van der Waals surface area contributed by atoms with Crippen molar-refractivity contribution in [1.82, 2.24) is 0 Å². The number of hydrogen-bond donors (Lipinski definition) is 0. The molecule has 0 atom stereocenters. The van der Waals surface area contributed by atoms with Crippen molar-refractivity contribution < 1.29 is 52.7 Å². The molecule has 0 saturated carbocycles. The molecule has 0 aromatic heterocycles. The molecular weight excluding hydrogens is 812 g/mol. The molecule has 0 aliphatic heterocycles. The van der Waals surface area contributed by atoms with E-state index in [9.17, 15) is 45.6 Å². The van der Waals surface area contributed by atoms with Gasteiger partial charge in [-0.2, -0.15) is 46.6 Å². The number of fused-ring (bicyclic) bond motifs is 2. The zero-order valence-electron chi connectivity index (χ0n) is 29.7. The molecule has 5 aromatic carbocycles. The Bertz CT molecular complexity index is 2800. The molecule has 4 nitrogen and oxygen atoms in total. The Balaban J connectivity index is 1.86. The van der Waals surface area contributed by atoms with Crippen LogP contribution in [0, 0.1) is 70.7 Å². The molecule has 60 heavy (non-hydrogen) atoms. The summed E-state index contributed by atoms with van der Waals surface area (Å²) < 4.78 is 172. The highest BCUT2D eigenvalue weighted by Gasteiger charge is 2.38. The topological polar surface area (TPSA) is 56.3 Å². The fraction of sp³-hybridized carbons (Fsp3) is 0.0909. The molecule has 16 heteroatoms. The molecule has 0 spiro atoms. The predicted octanol–water partition coefficient (Wildman–Crippen LogP) is 10.8. The van der Waals surface area contributed by atoms with Gasteiger partial charge in [0.15, 0.2) is 34.9 Å². The minimum atomic E-state index is -4.87. The van der Waals surface area contributed by atoms with Crippen molar-refractivity contribution in [2.24, 2.45) is 0 Å². The van der Waals surface area contributed by atoms with Crippen LogP contribution in [0.2, 0.25) is 0 Å². The molecule has 2 aliphatic rings. The molecule has 0 bridgehead atoms. The Morgan fingerprint density at radius 2 is 0.850 bits per heavy atom. The molecule has 0 radical (unpaired) electrons.